The number of rotatable bonds is 2. The van der Waals surface area contributed by atoms with Gasteiger partial charge in [0.1, 0.15) is 0 Å². The molecule has 0 aliphatic heterocycles. The van der Waals surface area contributed by atoms with Crippen LogP contribution in [0.4, 0.5) is 13.2 Å². The lowest BCUT2D eigenvalue weighted by Gasteiger charge is -2.14. The Morgan fingerprint density at radius 2 is 1.88 bits per heavy atom. The highest BCUT2D eigenvalue weighted by Gasteiger charge is 2.35. The van der Waals surface area contributed by atoms with Gasteiger partial charge in [-0.1, -0.05) is 23.2 Å². The molecule has 0 heterocycles. The highest BCUT2D eigenvalue weighted by molar-refractivity contribution is 9.10. The SMILES string of the molecule is O=C(O)Cc1c(Cl)c(Br)cc(C(F)(F)F)c1Cl. The third-order valence-electron chi connectivity index (χ3n) is 1.88. The first-order valence-corrected chi connectivity index (χ1v) is 5.65. The number of carboxylic acids is 1. The summed E-state index contributed by atoms with van der Waals surface area (Å²) in [7, 11) is 0. The molecule has 0 fully saturated rings. The Hall–Kier alpha value is -0.460. The van der Waals surface area contributed by atoms with Crippen LogP contribution in [0.2, 0.25) is 10.0 Å². The van der Waals surface area contributed by atoms with Crippen molar-refractivity contribution < 1.29 is 23.1 Å². The average Bonchev–Trinajstić information content (AvgIpc) is 2.16. The van der Waals surface area contributed by atoms with E-state index < -0.39 is 29.2 Å². The van der Waals surface area contributed by atoms with Gasteiger partial charge in [-0.15, -0.1) is 0 Å². The minimum atomic E-state index is -4.67. The minimum Gasteiger partial charge on any atom is -0.481 e. The molecule has 0 saturated heterocycles. The van der Waals surface area contributed by atoms with Gasteiger partial charge in [-0.05, 0) is 22.0 Å². The molecule has 1 aromatic rings. The largest absolute Gasteiger partial charge is 0.481 e. The summed E-state index contributed by atoms with van der Waals surface area (Å²) >= 11 is 14.1. The second-order valence-electron chi connectivity index (χ2n) is 3.08. The molecule has 0 radical (unpaired) electrons. The van der Waals surface area contributed by atoms with Crippen LogP contribution in [0.1, 0.15) is 11.1 Å². The molecule has 1 N–H and O–H groups in total. The molecule has 0 unspecified atom stereocenters. The lowest BCUT2D eigenvalue weighted by Crippen LogP contribution is -2.10. The first kappa shape index (κ1) is 14.6. The number of halogens is 6. The first-order chi connectivity index (χ1) is 7.64. The second-order valence-corrected chi connectivity index (χ2v) is 4.69. The smallest absolute Gasteiger partial charge is 0.417 e. The molecule has 0 aliphatic rings. The van der Waals surface area contributed by atoms with E-state index >= 15 is 0 Å². The van der Waals surface area contributed by atoms with Crippen molar-refractivity contribution in [3.63, 3.8) is 0 Å². The number of hydrogen-bond acceptors (Lipinski definition) is 1. The van der Waals surface area contributed by atoms with E-state index in [9.17, 15) is 18.0 Å². The van der Waals surface area contributed by atoms with Crippen LogP contribution in [0.25, 0.3) is 0 Å². The van der Waals surface area contributed by atoms with Gasteiger partial charge in [0.05, 0.1) is 22.0 Å². The molecule has 0 spiro atoms. The molecule has 0 saturated carbocycles. The molecule has 2 nitrogen and oxygen atoms in total. The summed E-state index contributed by atoms with van der Waals surface area (Å²) in [6.45, 7) is 0. The molecule has 0 aliphatic carbocycles. The molecular formula is C9H4BrCl2F3O2. The number of alkyl halides is 3. The Morgan fingerprint density at radius 1 is 1.35 bits per heavy atom. The Kier molecular flexibility index (Phi) is 4.33. The quantitative estimate of drug-likeness (QED) is 0.802. The molecule has 0 bridgehead atoms. The monoisotopic (exact) mass is 350 g/mol. The molecule has 0 aromatic heterocycles. The van der Waals surface area contributed by atoms with Crippen LogP contribution in [-0.2, 0) is 17.4 Å². The van der Waals surface area contributed by atoms with Crippen LogP contribution < -0.4 is 0 Å². The summed E-state index contributed by atoms with van der Waals surface area (Å²) in [5.41, 5.74) is -1.38. The van der Waals surface area contributed by atoms with Gasteiger partial charge in [-0.3, -0.25) is 4.79 Å². The number of benzene rings is 1. The van der Waals surface area contributed by atoms with E-state index in [2.05, 4.69) is 15.9 Å². The maximum atomic E-state index is 12.6. The number of carboxylic acid groups (broad SMARTS) is 1. The van der Waals surface area contributed by atoms with E-state index in [0.29, 0.717) is 0 Å². The fourth-order valence-corrected chi connectivity index (χ4v) is 2.22. The standard InChI is InChI=1S/C9H4BrCl2F3O2/c10-5-2-4(9(13,14)15)7(11)3(8(5)12)1-6(16)17/h2H,1H2,(H,16,17). The number of hydrogen-bond donors (Lipinski definition) is 1. The zero-order valence-corrected chi connectivity index (χ0v) is 11.0. The van der Waals surface area contributed by atoms with Gasteiger partial charge in [0.2, 0.25) is 0 Å². The Labute approximate surface area is 112 Å². The van der Waals surface area contributed by atoms with Crippen molar-refractivity contribution in [2.45, 2.75) is 12.6 Å². The normalized spacial score (nSPS) is 11.6. The molecule has 17 heavy (non-hydrogen) atoms. The zero-order valence-electron chi connectivity index (χ0n) is 7.91. The molecule has 94 valence electrons. The van der Waals surface area contributed by atoms with Crippen LogP contribution in [0.5, 0.6) is 0 Å². The number of carbonyl (C=O) groups is 1. The predicted octanol–water partition coefficient (Wildman–Crippen LogP) is 4.40. The minimum absolute atomic E-state index is 0.0489. The lowest BCUT2D eigenvalue weighted by atomic mass is 10.1. The molecule has 1 rings (SSSR count). The van der Waals surface area contributed by atoms with E-state index in [0.717, 1.165) is 6.07 Å². The summed E-state index contributed by atoms with van der Waals surface area (Å²) in [5, 5.41) is 7.77. The number of aliphatic carboxylic acids is 1. The van der Waals surface area contributed by atoms with Gasteiger partial charge in [-0.25, -0.2) is 0 Å². The highest BCUT2D eigenvalue weighted by Crippen LogP contribution is 2.42. The summed E-state index contributed by atoms with van der Waals surface area (Å²) in [6, 6.07) is 0.718. The summed E-state index contributed by atoms with van der Waals surface area (Å²) in [5.74, 6) is -1.32. The third kappa shape index (κ3) is 3.26. The van der Waals surface area contributed by atoms with Gasteiger partial charge >= 0.3 is 12.1 Å². The van der Waals surface area contributed by atoms with Gasteiger partial charge < -0.3 is 5.11 Å². The van der Waals surface area contributed by atoms with Crippen molar-refractivity contribution in [3.8, 4) is 0 Å². The van der Waals surface area contributed by atoms with Crippen LogP contribution >= 0.6 is 39.1 Å². The molecular weight excluding hydrogens is 348 g/mol. The van der Waals surface area contributed by atoms with Gasteiger partial charge in [0, 0.05) is 10.0 Å². The van der Waals surface area contributed by atoms with Crippen molar-refractivity contribution in [3.05, 3.63) is 31.7 Å². The van der Waals surface area contributed by atoms with Crippen molar-refractivity contribution in [2.24, 2.45) is 0 Å². The van der Waals surface area contributed by atoms with E-state index in [1.807, 2.05) is 0 Å². The van der Waals surface area contributed by atoms with Gasteiger partial charge in [0.15, 0.2) is 0 Å². The van der Waals surface area contributed by atoms with Crippen molar-refractivity contribution in [2.75, 3.05) is 0 Å². The zero-order chi connectivity index (χ0) is 13.4. The van der Waals surface area contributed by atoms with Crippen LogP contribution in [0, 0.1) is 0 Å². The van der Waals surface area contributed by atoms with Gasteiger partial charge in [0.25, 0.3) is 0 Å². The summed E-state index contributed by atoms with van der Waals surface area (Å²) in [6.07, 6.45) is -5.35. The maximum Gasteiger partial charge on any atom is 0.417 e. The Bertz CT molecular complexity index is 474. The Balaban J connectivity index is 3.48. The summed E-state index contributed by atoms with van der Waals surface area (Å²) < 4.78 is 37.7. The highest BCUT2D eigenvalue weighted by atomic mass is 79.9. The van der Waals surface area contributed by atoms with Crippen molar-refractivity contribution in [1.82, 2.24) is 0 Å². The van der Waals surface area contributed by atoms with E-state index in [-0.39, 0.29) is 15.1 Å². The summed E-state index contributed by atoms with van der Waals surface area (Å²) in [4.78, 5) is 10.5. The third-order valence-corrected chi connectivity index (χ3v) is 3.60. The maximum absolute atomic E-state index is 12.6. The fraction of sp³-hybridized carbons (Fsp3) is 0.222. The lowest BCUT2D eigenvalue weighted by molar-refractivity contribution is -0.138. The fourth-order valence-electron chi connectivity index (χ4n) is 1.17. The van der Waals surface area contributed by atoms with Crippen LogP contribution in [0.15, 0.2) is 10.5 Å². The van der Waals surface area contributed by atoms with Gasteiger partial charge in [-0.2, -0.15) is 13.2 Å². The molecule has 0 atom stereocenters. The van der Waals surface area contributed by atoms with E-state index in [4.69, 9.17) is 28.3 Å². The topological polar surface area (TPSA) is 37.3 Å². The van der Waals surface area contributed by atoms with E-state index in [1.54, 1.807) is 0 Å². The van der Waals surface area contributed by atoms with E-state index in [1.165, 1.54) is 0 Å². The van der Waals surface area contributed by atoms with Crippen LogP contribution in [-0.4, -0.2) is 11.1 Å². The van der Waals surface area contributed by atoms with Crippen LogP contribution in [0.3, 0.4) is 0 Å². The molecule has 1 aromatic carbocycles. The molecule has 8 heteroatoms. The predicted molar refractivity (Wildman–Crippen MR) is 60.5 cm³/mol. The Morgan fingerprint density at radius 3 is 2.29 bits per heavy atom. The average molecular weight is 352 g/mol. The van der Waals surface area contributed by atoms with Crippen molar-refractivity contribution in [1.29, 1.82) is 0 Å². The second kappa shape index (κ2) is 5.04. The van der Waals surface area contributed by atoms with Crippen molar-refractivity contribution >= 4 is 45.1 Å². The molecule has 0 amide bonds. The first-order valence-electron chi connectivity index (χ1n) is 4.10.